The lowest BCUT2D eigenvalue weighted by Gasteiger charge is -2.09. The highest BCUT2D eigenvalue weighted by atomic mass is 16.3. The number of rotatable bonds is 4. The van der Waals surface area contributed by atoms with E-state index in [1.807, 2.05) is 0 Å². The van der Waals surface area contributed by atoms with Crippen molar-refractivity contribution in [1.29, 1.82) is 0 Å². The number of aromatic hydroxyl groups is 1. The molecule has 2 aromatic rings. The Balaban J connectivity index is 2.03. The molecule has 108 valence electrons. The van der Waals surface area contributed by atoms with E-state index in [1.54, 1.807) is 49.4 Å². The molecular weight excluding hydrogens is 268 g/mol. The molecule has 0 fully saturated rings. The summed E-state index contributed by atoms with van der Waals surface area (Å²) >= 11 is 0. The second kappa shape index (κ2) is 6.67. The van der Waals surface area contributed by atoms with Gasteiger partial charge in [-0.1, -0.05) is 30.3 Å². The summed E-state index contributed by atoms with van der Waals surface area (Å²) < 4.78 is 0. The summed E-state index contributed by atoms with van der Waals surface area (Å²) in [4.78, 5) is 11.8. The van der Waals surface area contributed by atoms with Gasteiger partial charge in [-0.25, -0.2) is 5.43 Å². The lowest BCUT2D eigenvalue weighted by Crippen LogP contribution is -2.26. The maximum absolute atomic E-state index is 11.8. The molecule has 5 heteroatoms. The fraction of sp³-hybridized carbons (Fsp3) is 0.125. The molecule has 5 nitrogen and oxygen atoms in total. The average Bonchev–Trinajstić information content (AvgIpc) is 2.53. The predicted molar refractivity (Wildman–Crippen MR) is 79.9 cm³/mol. The van der Waals surface area contributed by atoms with Crippen molar-refractivity contribution in [3.05, 3.63) is 65.7 Å². The maximum Gasteiger partial charge on any atom is 0.273 e. The van der Waals surface area contributed by atoms with Crippen LogP contribution in [-0.2, 0) is 4.79 Å². The Kier molecular flexibility index (Phi) is 4.68. The largest absolute Gasteiger partial charge is 0.508 e. The minimum atomic E-state index is -1.26. The first-order valence-corrected chi connectivity index (χ1v) is 6.44. The Morgan fingerprint density at radius 1 is 1.10 bits per heavy atom. The summed E-state index contributed by atoms with van der Waals surface area (Å²) in [6, 6.07) is 15.1. The third-order valence-electron chi connectivity index (χ3n) is 2.98. The molecule has 0 aliphatic heterocycles. The highest BCUT2D eigenvalue weighted by molar-refractivity contribution is 5.99. The second-order valence-electron chi connectivity index (χ2n) is 4.53. The monoisotopic (exact) mass is 284 g/mol. The Morgan fingerprint density at radius 3 is 2.33 bits per heavy atom. The molecule has 0 aromatic heterocycles. The topological polar surface area (TPSA) is 81.9 Å². The molecule has 0 heterocycles. The first-order valence-electron chi connectivity index (χ1n) is 6.44. The zero-order valence-corrected chi connectivity index (χ0v) is 11.5. The minimum absolute atomic E-state index is 0.162. The molecule has 0 radical (unpaired) electrons. The van der Waals surface area contributed by atoms with Gasteiger partial charge in [0.25, 0.3) is 5.91 Å². The number of aliphatic hydroxyl groups excluding tert-OH is 1. The van der Waals surface area contributed by atoms with Crippen LogP contribution in [0.2, 0.25) is 0 Å². The Hall–Kier alpha value is -2.66. The fourth-order valence-corrected chi connectivity index (χ4v) is 1.75. The fourth-order valence-electron chi connectivity index (χ4n) is 1.75. The van der Waals surface area contributed by atoms with E-state index in [9.17, 15) is 15.0 Å². The quantitative estimate of drug-likeness (QED) is 0.593. The number of hydrogen-bond donors (Lipinski definition) is 3. The van der Waals surface area contributed by atoms with Gasteiger partial charge < -0.3 is 10.2 Å². The number of phenolic OH excluding ortho intramolecular Hbond substituents is 1. The number of benzene rings is 2. The molecule has 0 bridgehead atoms. The van der Waals surface area contributed by atoms with E-state index in [1.165, 1.54) is 12.1 Å². The molecule has 0 saturated carbocycles. The summed E-state index contributed by atoms with van der Waals surface area (Å²) in [7, 11) is 0. The summed E-state index contributed by atoms with van der Waals surface area (Å²) in [6.07, 6.45) is -1.26. The van der Waals surface area contributed by atoms with Gasteiger partial charge in [-0.2, -0.15) is 5.10 Å². The molecule has 21 heavy (non-hydrogen) atoms. The van der Waals surface area contributed by atoms with Crippen LogP contribution in [0.25, 0.3) is 0 Å². The number of amides is 1. The molecule has 2 rings (SSSR count). The van der Waals surface area contributed by atoms with Crippen LogP contribution >= 0.6 is 0 Å². The number of hydrogen-bond acceptors (Lipinski definition) is 4. The summed E-state index contributed by atoms with van der Waals surface area (Å²) in [5.41, 5.74) is 4.18. The molecule has 0 unspecified atom stereocenters. The molecular formula is C16H16N2O3. The van der Waals surface area contributed by atoms with Crippen molar-refractivity contribution in [2.24, 2.45) is 5.10 Å². The van der Waals surface area contributed by atoms with Gasteiger partial charge in [-0.15, -0.1) is 0 Å². The van der Waals surface area contributed by atoms with E-state index < -0.39 is 12.0 Å². The number of aliphatic hydroxyl groups is 1. The van der Waals surface area contributed by atoms with Gasteiger partial charge in [0.1, 0.15) is 5.75 Å². The van der Waals surface area contributed by atoms with Crippen LogP contribution in [0.5, 0.6) is 5.75 Å². The normalized spacial score (nSPS) is 12.8. The second-order valence-corrected chi connectivity index (χ2v) is 4.53. The highest BCUT2D eigenvalue weighted by Crippen LogP contribution is 2.12. The highest BCUT2D eigenvalue weighted by Gasteiger charge is 2.16. The molecule has 1 amide bonds. The Bertz CT molecular complexity index is 636. The zero-order chi connectivity index (χ0) is 15.2. The summed E-state index contributed by atoms with van der Waals surface area (Å²) in [5, 5.41) is 23.1. The summed E-state index contributed by atoms with van der Waals surface area (Å²) in [6.45, 7) is 1.72. The van der Waals surface area contributed by atoms with Gasteiger partial charge in [-0.3, -0.25) is 4.79 Å². The van der Waals surface area contributed by atoms with Gasteiger partial charge >= 0.3 is 0 Å². The first-order chi connectivity index (χ1) is 10.1. The third kappa shape index (κ3) is 3.90. The van der Waals surface area contributed by atoms with Crippen molar-refractivity contribution in [1.82, 2.24) is 5.43 Å². The van der Waals surface area contributed by atoms with Crippen LogP contribution in [0.1, 0.15) is 24.2 Å². The van der Waals surface area contributed by atoms with Crippen LogP contribution in [0.3, 0.4) is 0 Å². The Labute approximate surface area is 122 Å². The SMILES string of the molecule is C/C(=N/NC(=O)[C@H](O)c1ccccc1)c1ccc(O)cc1. The van der Waals surface area contributed by atoms with Crippen molar-refractivity contribution < 1.29 is 15.0 Å². The number of nitrogens with zero attached hydrogens (tertiary/aromatic N) is 1. The molecule has 0 aliphatic rings. The zero-order valence-electron chi connectivity index (χ0n) is 11.5. The number of hydrazone groups is 1. The average molecular weight is 284 g/mol. The van der Waals surface area contributed by atoms with Crippen molar-refractivity contribution in [3.63, 3.8) is 0 Å². The van der Waals surface area contributed by atoms with Crippen molar-refractivity contribution >= 4 is 11.6 Å². The van der Waals surface area contributed by atoms with Crippen LogP contribution in [0.15, 0.2) is 59.7 Å². The van der Waals surface area contributed by atoms with Gasteiger partial charge in [0, 0.05) is 0 Å². The molecule has 0 saturated heterocycles. The van der Waals surface area contributed by atoms with Crippen LogP contribution in [-0.4, -0.2) is 21.8 Å². The van der Waals surface area contributed by atoms with Crippen LogP contribution < -0.4 is 5.43 Å². The lowest BCUT2D eigenvalue weighted by molar-refractivity contribution is -0.129. The van der Waals surface area contributed by atoms with Crippen LogP contribution in [0.4, 0.5) is 0 Å². The molecule has 1 atom stereocenters. The lowest BCUT2D eigenvalue weighted by atomic mass is 10.1. The number of nitrogens with one attached hydrogen (secondary N) is 1. The number of phenols is 1. The number of carbonyl (C=O) groups is 1. The Morgan fingerprint density at radius 2 is 1.71 bits per heavy atom. The molecule has 2 aromatic carbocycles. The molecule has 3 N–H and O–H groups in total. The predicted octanol–water partition coefficient (Wildman–Crippen LogP) is 1.97. The van der Waals surface area contributed by atoms with E-state index in [-0.39, 0.29) is 5.75 Å². The first kappa shape index (κ1) is 14.7. The van der Waals surface area contributed by atoms with E-state index >= 15 is 0 Å². The van der Waals surface area contributed by atoms with E-state index in [2.05, 4.69) is 10.5 Å². The van der Waals surface area contributed by atoms with Crippen molar-refractivity contribution in [2.75, 3.05) is 0 Å². The smallest absolute Gasteiger partial charge is 0.273 e. The van der Waals surface area contributed by atoms with Crippen molar-refractivity contribution in [2.45, 2.75) is 13.0 Å². The van der Waals surface area contributed by atoms with E-state index in [4.69, 9.17) is 0 Å². The maximum atomic E-state index is 11.8. The third-order valence-corrected chi connectivity index (χ3v) is 2.98. The molecule has 0 aliphatic carbocycles. The summed E-state index contributed by atoms with van der Waals surface area (Å²) in [5.74, 6) is -0.436. The number of carbonyl (C=O) groups excluding carboxylic acids is 1. The van der Waals surface area contributed by atoms with Gasteiger partial charge in [-0.05, 0) is 42.3 Å². The van der Waals surface area contributed by atoms with Gasteiger partial charge in [0.2, 0.25) is 0 Å². The van der Waals surface area contributed by atoms with Gasteiger partial charge in [0.15, 0.2) is 6.10 Å². The molecule has 0 spiro atoms. The van der Waals surface area contributed by atoms with E-state index in [0.717, 1.165) is 5.56 Å². The minimum Gasteiger partial charge on any atom is -0.508 e. The standard InChI is InChI=1S/C16H16N2O3/c1-11(12-7-9-14(19)10-8-12)17-18-16(21)15(20)13-5-3-2-4-6-13/h2-10,15,19-20H,1H3,(H,18,21)/b17-11-/t15-/m1/s1. The van der Waals surface area contributed by atoms with Gasteiger partial charge in [0.05, 0.1) is 5.71 Å². The van der Waals surface area contributed by atoms with E-state index in [0.29, 0.717) is 11.3 Å². The van der Waals surface area contributed by atoms with Crippen LogP contribution in [0, 0.1) is 0 Å². The van der Waals surface area contributed by atoms with Crippen molar-refractivity contribution in [3.8, 4) is 5.75 Å².